The Morgan fingerprint density at radius 1 is 1.46 bits per heavy atom. The van der Waals surface area contributed by atoms with Crippen LogP contribution in [0.15, 0.2) is 24.3 Å². The fourth-order valence-electron chi connectivity index (χ4n) is 2.85. The summed E-state index contributed by atoms with van der Waals surface area (Å²) < 4.78 is 16.1. The van der Waals surface area contributed by atoms with Gasteiger partial charge in [0.15, 0.2) is 0 Å². The summed E-state index contributed by atoms with van der Waals surface area (Å²) in [6, 6.07) is 7.27. The highest BCUT2D eigenvalue weighted by atomic mass is 16.5. The number of carbonyl (C=O) groups excluding carboxylic acids is 1. The number of hydrogen-bond acceptors (Lipinski definition) is 5. The molecule has 24 heavy (non-hydrogen) atoms. The van der Waals surface area contributed by atoms with Crippen LogP contribution in [0, 0.1) is 0 Å². The van der Waals surface area contributed by atoms with Crippen LogP contribution in [0.5, 0.6) is 5.75 Å². The lowest BCUT2D eigenvalue weighted by molar-refractivity contribution is -0.0737. The molecule has 1 aliphatic rings. The number of aliphatic hydroxyl groups excluding tert-OH is 1. The number of ether oxygens (including phenoxy) is 3. The fraction of sp³-hybridized carbons (Fsp3) is 0.471. The third-order valence-electron chi connectivity index (χ3n) is 4.12. The van der Waals surface area contributed by atoms with Crippen molar-refractivity contribution in [1.82, 2.24) is 10.3 Å². The fourth-order valence-corrected chi connectivity index (χ4v) is 2.85. The number of aliphatic hydroxyl groups is 1. The maximum absolute atomic E-state index is 12.5. The number of hydrogen-bond donors (Lipinski definition) is 3. The maximum Gasteiger partial charge on any atom is 0.268 e. The average molecular weight is 334 g/mol. The van der Waals surface area contributed by atoms with Crippen molar-refractivity contribution < 1.29 is 24.1 Å². The van der Waals surface area contributed by atoms with E-state index in [2.05, 4.69) is 10.3 Å². The van der Waals surface area contributed by atoms with E-state index in [1.165, 1.54) is 0 Å². The quantitative estimate of drug-likeness (QED) is 0.735. The number of aromatic amines is 1. The number of aromatic nitrogens is 1. The van der Waals surface area contributed by atoms with E-state index in [1.807, 2.05) is 18.2 Å². The molecule has 0 aliphatic carbocycles. The van der Waals surface area contributed by atoms with E-state index >= 15 is 0 Å². The summed E-state index contributed by atoms with van der Waals surface area (Å²) in [7, 11) is 1.61. The van der Waals surface area contributed by atoms with Gasteiger partial charge in [0.25, 0.3) is 5.91 Å². The van der Waals surface area contributed by atoms with Crippen molar-refractivity contribution in [3.63, 3.8) is 0 Å². The molecule has 1 saturated heterocycles. The van der Waals surface area contributed by atoms with Gasteiger partial charge >= 0.3 is 0 Å². The molecule has 0 spiro atoms. The van der Waals surface area contributed by atoms with Crippen LogP contribution < -0.4 is 10.1 Å². The monoisotopic (exact) mass is 334 g/mol. The van der Waals surface area contributed by atoms with Crippen molar-refractivity contribution in [3.8, 4) is 5.75 Å². The SMILES string of the molecule is COc1ccc2[nH]c(C(=O)N[C@@H]3CCOC[C@H]3OCCO)cc2c1. The van der Waals surface area contributed by atoms with Crippen molar-refractivity contribution >= 4 is 16.8 Å². The zero-order valence-corrected chi connectivity index (χ0v) is 13.6. The zero-order chi connectivity index (χ0) is 16.9. The predicted molar refractivity (Wildman–Crippen MR) is 88.4 cm³/mol. The minimum absolute atomic E-state index is 0.0545. The van der Waals surface area contributed by atoms with Gasteiger partial charge in [0.1, 0.15) is 17.5 Å². The van der Waals surface area contributed by atoms with Crippen molar-refractivity contribution in [2.24, 2.45) is 0 Å². The number of benzene rings is 1. The highest BCUT2D eigenvalue weighted by Crippen LogP contribution is 2.22. The molecule has 2 aromatic rings. The first kappa shape index (κ1) is 16.8. The van der Waals surface area contributed by atoms with E-state index < -0.39 is 0 Å². The van der Waals surface area contributed by atoms with Crippen LogP contribution in [-0.2, 0) is 9.47 Å². The Labute approximate surface area is 139 Å². The lowest BCUT2D eigenvalue weighted by atomic mass is 10.1. The Bertz CT molecular complexity index is 699. The third-order valence-corrected chi connectivity index (χ3v) is 4.12. The second kappa shape index (κ2) is 7.65. The second-order valence-electron chi connectivity index (χ2n) is 5.71. The number of amides is 1. The van der Waals surface area contributed by atoms with Gasteiger partial charge in [-0.25, -0.2) is 0 Å². The number of carbonyl (C=O) groups is 1. The predicted octanol–water partition coefficient (Wildman–Crippen LogP) is 1.07. The Balaban J connectivity index is 1.71. The van der Waals surface area contributed by atoms with Crippen LogP contribution in [0.2, 0.25) is 0 Å². The number of rotatable bonds is 6. The van der Waals surface area contributed by atoms with Gasteiger partial charge in [0, 0.05) is 17.5 Å². The Morgan fingerprint density at radius 2 is 2.33 bits per heavy atom. The van der Waals surface area contributed by atoms with Crippen molar-refractivity contribution in [2.75, 3.05) is 33.5 Å². The summed E-state index contributed by atoms with van der Waals surface area (Å²) in [5.41, 5.74) is 1.37. The molecule has 3 N–H and O–H groups in total. The van der Waals surface area contributed by atoms with Crippen LogP contribution in [0.3, 0.4) is 0 Å². The smallest absolute Gasteiger partial charge is 0.268 e. The lowest BCUT2D eigenvalue weighted by Gasteiger charge is -2.31. The van der Waals surface area contributed by atoms with E-state index in [0.29, 0.717) is 25.3 Å². The second-order valence-corrected chi connectivity index (χ2v) is 5.71. The van der Waals surface area contributed by atoms with Gasteiger partial charge in [-0.2, -0.15) is 0 Å². The molecule has 1 amide bonds. The van der Waals surface area contributed by atoms with E-state index in [9.17, 15) is 4.79 Å². The van der Waals surface area contributed by atoms with Gasteiger partial charge < -0.3 is 29.6 Å². The molecule has 7 heteroatoms. The van der Waals surface area contributed by atoms with E-state index in [1.54, 1.807) is 13.2 Å². The molecule has 0 saturated carbocycles. The molecule has 1 fully saturated rings. The summed E-state index contributed by atoms with van der Waals surface area (Å²) in [4.78, 5) is 15.7. The molecule has 2 atom stereocenters. The van der Waals surface area contributed by atoms with Gasteiger partial charge in [-0.15, -0.1) is 0 Å². The molecule has 0 unspecified atom stereocenters. The molecule has 130 valence electrons. The Hall–Kier alpha value is -2.09. The topological polar surface area (TPSA) is 92.8 Å². The highest BCUT2D eigenvalue weighted by Gasteiger charge is 2.28. The van der Waals surface area contributed by atoms with Gasteiger partial charge in [0.2, 0.25) is 0 Å². The normalized spacial score (nSPS) is 20.9. The molecule has 1 aliphatic heterocycles. The number of nitrogens with one attached hydrogen (secondary N) is 2. The van der Waals surface area contributed by atoms with Crippen LogP contribution in [0.4, 0.5) is 0 Å². The molecule has 1 aromatic carbocycles. The molecule has 1 aromatic heterocycles. The van der Waals surface area contributed by atoms with Crippen LogP contribution in [-0.4, -0.2) is 61.7 Å². The van der Waals surface area contributed by atoms with Gasteiger partial charge in [-0.1, -0.05) is 0 Å². The lowest BCUT2D eigenvalue weighted by Crippen LogP contribution is -2.50. The van der Waals surface area contributed by atoms with Crippen LogP contribution >= 0.6 is 0 Å². The van der Waals surface area contributed by atoms with Crippen molar-refractivity contribution in [1.29, 1.82) is 0 Å². The Kier molecular flexibility index (Phi) is 5.34. The molecule has 3 rings (SSSR count). The first-order chi connectivity index (χ1) is 11.7. The molecular formula is C17H22N2O5. The van der Waals surface area contributed by atoms with Gasteiger partial charge in [-0.3, -0.25) is 4.79 Å². The molecule has 2 heterocycles. The minimum Gasteiger partial charge on any atom is -0.497 e. The molecule has 7 nitrogen and oxygen atoms in total. The minimum atomic E-state index is -0.251. The molecule has 0 radical (unpaired) electrons. The standard InChI is InChI=1S/C17H22N2O5/c1-22-12-2-3-13-11(8-12)9-15(18-13)17(21)19-14-4-6-23-10-16(14)24-7-5-20/h2-3,8-9,14,16,18,20H,4-7,10H2,1H3,(H,19,21)/t14-,16-/m1/s1. The molecular weight excluding hydrogens is 312 g/mol. The van der Waals surface area contributed by atoms with Crippen LogP contribution in [0.25, 0.3) is 10.9 Å². The first-order valence-corrected chi connectivity index (χ1v) is 7.99. The summed E-state index contributed by atoms with van der Waals surface area (Å²) in [6.45, 7) is 1.16. The van der Waals surface area contributed by atoms with Crippen molar-refractivity contribution in [3.05, 3.63) is 30.0 Å². The van der Waals surface area contributed by atoms with E-state index in [-0.39, 0.29) is 31.3 Å². The van der Waals surface area contributed by atoms with Crippen molar-refractivity contribution in [2.45, 2.75) is 18.6 Å². The van der Waals surface area contributed by atoms with E-state index in [0.717, 1.165) is 16.7 Å². The van der Waals surface area contributed by atoms with Gasteiger partial charge in [0.05, 0.1) is 33.0 Å². The third kappa shape index (κ3) is 3.69. The summed E-state index contributed by atoms with van der Waals surface area (Å²) in [5, 5.41) is 12.8. The summed E-state index contributed by atoms with van der Waals surface area (Å²) >= 11 is 0. The maximum atomic E-state index is 12.5. The highest BCUT2D eigenvalue weighted by molar-refractivity contribution is 5.98. The Morgan fingerprint density at radius 3 is 3.12 bits per heavy atom. The number of H-pyrrole nitrogens is 1. The van der Waals surface area contributed by atoms with E-state index in [4.69, 9.17) is 19.3 Å². The van der Waals surface area contributed by atoms with Gasteiger partial charge in [-0.05, 0) is 30.7 Å². The first-order valence-electron chi connectivity index (χ1n) is 7.99. The molecule has 0 bridgehead atoms. The summed E-state index contributed by atoms with van der Waals surface area (Å²) in [6.07, 6.45) is 0.426. The number of methoxy groups -OCH3 is 1. The zero-order valence-electron chi connectivity index (χ0n) is 13.6. The summed E-state index contributed by atoms with van der Waals surface area (Å²) in [5.74, 6) is 0.560. The number of fused-ring (bicyclic) bond motifs is 1. The van der Waals surface area contributed by atoms with Crippen LogP contribution in [0.1, 0.15) is 16.9 Å². The average Bonchev–Trinajstić information content (AvgIpc) is 3.04. The largest absolute Gasteiger partial charge is 0.497 e.